The number of benzene rings is 1. The van der Waals surface area contributed by atoms with E-state index in [1.165, 1.54) is 39.8 Å². The van der Waals surface area contributed by atoms with E-state index >= 15 is 0 Å². The normalized spacial score (nSPS) is 11.7. The minimum atomic E-state index is -0.368. The van der Waals surface area contributed by atoms with E-state index in [4.69, 9.17) is 0 Å². The van der Waals surface area contributed by atoms with Crippen molar-refractivity contribution in [2.45, 2.75) is 24.8 Å². The maximum Gasteiger partial charge on any atom is 0.257 e. The maximum atomic E-state index is 14.7. The summed E-state index contributed by atoms with van der Waals surface area (Å²) in [6.45, 7) is 7.35. The molecule has 9 heteroatoms. The summed E-state index contributed by atoms with van der Waals surface area (Å²) in [5, 5.41) is 11.1. The van der Waals surface area contributed by atoms with Crippen molar-refractivity contribution in [2.24, 2.45) is 0 Å². The molecular formula is C23H20FN5OS2. The molecule has 0 bridgehead atoms. The SMILES string of the molecule is C=C/C(C)=C\n1c(C)nc(CSc2nnc(-c3cccs3)n2-c2ccccc2F)cc1=O. The van der Waals surface area contributed by atoms with Crippen molar-refractivity contribution < 1.29 is 4.39 Å². The molecule has 0 aliphatic heterocycles. The van der Waals surface area contributed by atoms with Crippen LogP contribution in [0.25, 0.3) is 22.6 Å². The van der Waals surface area contributed by atoms with E-state index in [9.17, 15) is 9.18 Å². The Morgan fingerprint density at radius 1 is 1.25 bits per heavy atom. The number of hydrogen-bond acceptors (Lipinski definition) is 6. The van der Waals surface area contributed by atoms with Gasteiger partial charge in [-0.3, -0.25) is 13.9 Å². The Bertz CT molecular complexity index is 1360. The van der Waals surface area contributed by atoms with E-state index in [1.54, 1.807) is 42.0 Å². The van der Waals surface area contributed by atoms with Crippen molar-refractivity contribution in [1.29, 1.82) is 0 Å². The topological polar surface area (TPSA) is 65.6 Å². The van der Waals surface area contributed by atoms with Gasteiger partial charge in [0, 0.05) is 18.0 Å². The Balaban J connectivity index is 1.68. The predicted molar refractivity (Wildman–Crippen MR) is 128 cm³/mol. The summed E-state index contributed by atoms with van der Waals surface area (Å²) in [7, 11) is 0. The maximum absolute atomic E-state index is 14.7. The number of halogens is 1. The van der Waals surface area contributed by atoms with Gasteiger partial charge in [0.25, 0.3) is 5.56 Å². The fourth-order valence-corrected chi connectivity index (χ4v) is 4.61. The predicted octanol–water partition coefficient (Wildman–Crippen LogP) is 5.34. The van der Waals surface area contributed by atoms with Crippen molar-refractivity contribution >= 4 is 29.3 Å². The highest BCUT2D eigenvalue weighted by molar-refractivity contribution is 7.98. The molecule has 3 aromatic heterocycles. The highest BCUT2D eigenvalue weighted by Crippen LogP contribution is 2.32. The van der Waals surface area contributed by atoms with Gasteiger partial charge in [-0.2, -0.15) is 0 Å². The molecule has 32 heavy (non-hydrogen) atoms. The molecular weight excluding hydrogens is 445 g/mol. The number of hydrogen-bond donors (Lipinski definition) is 0. The molecule has 0 fully saturated rings. The van der Waals surface area contributed by atoms with Crippen LogP contribution in [-0.4, -0.2) is 24.3 Å². The summed E-state index contributed by atoms with van der Waals surface area (Å²) >= 11 is 2.86. The largest absolute Gasteiger partial charge is 0.272 e. The second-order valence-corrected chi connectivity index (χ2v) is 8.83. The third-order valence-electron chi connectivity index (χ3n) is 4.65. The molecule has 0 radical (unpaired) electrons. The molecule has 0 amide bonds. The molecule has 4 aromatic rings. The average Bonchev–Trinajstić information content (AvgIpc) is 3.44. The van der Waals surface area contributed by atoms with Gasteiger partial charge in [0.15, 0.2) is 11.0 Å². The fraction of sp³-hybridized carbons (Fsp3) is 0.130. The molecule has 0 N–H and O–H groups in total. The third-order valence-corrected chi connectivity index (χ3v) is 6.48. The van der Waals surface area contributed by atoms with Crippen LogP contribution in [0, 0.1) is 12.7 Å². The van der Waals surface area contributed by atoms with Gasteiger partial charge in [-0.05, 0) is 43.0 Å². The van der Waals surface area contributed by atoms with Crippen LogP contribution in [0.2, 0.25) is 0 Å². The Hall–Kier alpha value is -3.30. The van der Waals surface area contributed by atoms with Crippen LogP contribution >= 0.6 is 23.1 Å². The van der Waals surface area contributed by atoms with Crippen LogP contribution in [0.4, 0.5) is 4.39 Å². The van der Waals surface area contributed by atoms with E-state index in [-0.39, 0.29) is 11.4 Å². The number of thioether (sulfide) groups is 1. The first-order valence-electron chi connectivity index (χ1n) is 9.75. The van der Waals surface area contributed by atoms with E-state index in [2.05, 4.69) is 21.8 Å². The number of nitrogens with zero attached hydrogens (tertiary/aromatic N) is 5. The molecule has 0 saturated carbocycles. The summed E-state index contributed by atoms with van der Waals surface area (Å²) in [6.07, 6.45) is 3.38. The van der Waals surface area contributed by atoms with E-state index < -0.39 is 0 Å². The molecule has 0 aliphatic carbocycles. The van der Waals surface area contributed by atoms with Gasteiger partial charge in [-0.25, -0.2) is 9.37 Å². The highest BCUT2D eigenvalue weighted by Gasteiger charge is 2.19. The fourth-order valence-electron chi connectivity index (χ4n) is 3.07. The van der Waals surface area contributed by atoms with Gasteiger partial charge >= 0.3 is 0 Å². The zero-order chi connectivity index (χ0) is 22.7. The van der Waals surface area contributed by atoms with Gasteiger partial charge < -0.3 is 0 Å². The highest BCUT2D eigenvalue weighted by atomic mass is 32.2. The summed E-state index contributed by atoms with van der Waals surface area (Å²) in [4.78, 5) is 18.0. The van der Waals surface area contributed by atoms with Crippen LogP contribution in [0.5, 0.6) is 0 Å². The van der Waals surface area contributed by atoms with Gasteiger partial charge in [-0.1, -0.05) is 42.6 Å². The van der Waals surface area contributed by atoms with Crippen molar-refractivity contribution in [3.05, 3.63) is 93.8 Å². The molecule has 0 saturated heterocycles. The minimum absolute atomic E-state index is 0.177. The molecule has 0 atom stereocenters. The molecule has 3 heterocycles. The number of aromatic nitrogens is 5. The number of aryl methyl sites for hydroxylation is 1. The Morgan fingerprint density at radius 3 is 2.75 bits per heavy atom. The lowest BCUT2D eigenvalue weighted by atomic mass is 10.3. The monoisotopic (exact) mass is 465 g/mol. The summed E-state index contributed by atoms with van der Waals surface area (Å²) in [5.41, 5.74) is 1.66. The van der Waals surface area contributed by atoms with Gasteiger partial charge in [0.05, 0.1) is 16.3 Å². The van der Waals surface area contributed by atoms with Crippen LogP contribution < -0.4 is 5.56 Å². The van der Waals surface area contributed by atoms with Crippen LogP contribution in [0.1, 0.15) is 18.4 Å². The quantitative estimate of drug-likeness (QED) is 0.272. The van der Waals surface area contributed by atoms with Crippen molar-refractivity contribution in [3.63, 3.8) is 0 Å². The first kappa shape index (κ1) is 21.9. The molecule has 4 rings (SSSR count). The van der Waals surface area contributed by atoms with Crippen molar-refractivity contribution in [1.82, 2.24) is 24.3 Å². The molecule has 162 valence electrons. The first-order valence-corrected chi connectivity index (χ1v) is 11.6. The number of rotatable bonds is 7. The minimum Gasteiger partial charge on any atom is -0.272 e. The zero-order valence-electron chi connectivity index (χ0n) is 17.5. The van der Waals surface area contributed by atoms with Crippen LogP contribution in [-0.2, 0) is 5.75 Å². The molecule has 0 spiro atoms. The lowest BCUT2D eigenvalue weighted by Gasteiger charge is -2.11. The molecule has 6 nitrogen and oxygen atoms in total. The van der Waals surface area contributed by atoms with E-state index in [0.717, 1.165) is 10.5 Å². The molecule has 1 aromatic carbocycles. The molecule has 0 unspecified atom stereocenters. The van der Waals surface area contributed by atoms with E-state index in [0.29, 0.717) is 33.9 Å². The second-order valence-electron chi connectivity index (χ2n) is 6.94. The van der Waals surface area contributed by atoms with Crippen molar-refractivity contribution in [3.8, 4) is 16.4 Å². The Labute approximate surface area is 192 Å². The van der Waals surface area contributed by atoms with Crippen molar-refractivity contribution in [2.75, 3.05) is 0 Å². The first-order chi connectivity index (χ1) is 15.5. The molecule has 0 aliphatic rings. The Kier molecular flexibility index (Phi) is 6.48. The number of para-hydroxylation sites is 1. The number of thiophene rings is 1. The standard InChI is InChI=1S/C23H20FN5OS2/c1-4-15(2)13-28-16(3)25-17(12-21(28)30)14-32-23-27-26-22(20-10-7-11-31-20)29(23)19-9-6-5-8-18(19)24/h4-13H,1,14H2,2-3H3/b15-13-. The lowest BCUT2D eigenvalue weighted by Crippen LogP contribution is -2.20. The number of allylic oxidation sites excluding steroid dienone is 2. The smallest absolute Gasteiger partial charge is 0.257 e. The lowest BCUT2D eigenvalue weighted by molar-refractivity contribution is 0.613. The summed E-state index contributed by atoms with van der Waals surface area (Å²) in [6, 6.07) is 11.8. The summed E-state index contributed by atoms with van der Waals surface area (Å²) in [5.74, 6) is 1.16. The zero-order valence-corrected chi connectivity index (χ0v) is 19.2. The van der Waals surface area contributed by atoms with Gasteiger partial charge in [0.2, 0.25) is 0 Å². The Morgan fingerprint density at radius 2 is 2.06 bits per heavy atom. The van der Waals surface area contributed by atoms with E-state index in [1.807, 2.05) is 24.4 Å². The van der Waals surface area contributed by atoms with Gasteiger partial charge in [0.1, 0.15) is 11.6 Å². The average molecular weight is 466 g/mol. The second kappa shape index (κ2) is 9.46. The van der Waals surface area contributed by atoms with Crippen LogP contribution in [0.15, 0.2) is 76.0 Å². The van der Waals surface area contributed by atoms with Gasteiger partial charge in [-0.15, -0.1) is 21.5 Å². The third kappa shape index (κ3) is 4.49. The van der Waals surface area contributed by atoms with Crippen LogP contribution in [0.3, 0.4) is 0 Å². The summed E-state index contributed by atoms with van der Waals surface area (Å²) < 4.78 is 17.8.